The highest BCUT2D eigenvalue weighted by atomic mass is 32.2. The average Bonchev–Trinajstić information content (AvgIpc) is 2.51. The molecule has 1 rings (SSSR count). The molecular weight excluding hydrogens is 188 g/mol. The normalized spacial score (nSPS) is 13.7. The van der Waals surface area contributed by atoms with Gasteiger partial charge in [-0.15, -0.1) is 23.1 Å². The zero-order chi connectivity index (χ0) is 8.97. The molecule has 1 aromatic heterocycles. The summed E-state index contributed by atoms with van der Waals surface area (Å²) in [7, 11) is 0. The van der Waals surface area contributed by atoms with E-state index in [1.54, 1.807) is 23.1 Å². The van der Waals surface area contributed by atoms with Crippen molar-refractivity contribution in [3.63, 3.8) is 0 Å². The second kappa shape index (κ2) is 4.90. The van der Waals surface area contributed by atoms with Crippen molar-refractivity contribution in [1.29, 1.82) is 0 Å². The molecular formula is C9H14OS2. The second-order valence-corrected chi connectivity index (χ2v) is 5.50. The summed E-state index contributed by atoms with van der Waals surface area (Å²) in [4.78, 5) is 0. The van der Waals surface area contributed by atoms with Gasteiger partial charge in [0.1, 0.15) is 0 Å². The molecule has 1 unspecified atom stereocenters. The molecule has 1 heterocycles. The molecule has 0 spiro atoms. The molecule has 0 radical (unpaired) electrons. The molecule has 68 valence electrons. The molecule has 1 N–H and O–H groups in total. The van der Waals surface area contributed by atoms with Gasteiger partial charge >= 0.3 is 0 Å². The Morgan fingerprint density at radius 2 is 2.33 bits per heavy atom. The Kier molecular flexibility index (Phi) is 4.12. The number of thioether (sulfide) groups is 1. The maximum absolute atomic E-state index is 9.08. The highest BCUT2D eigenvalue weighted by Crippen LogP contribution is 2.30. The van der Waals surface area contributed by atoms with Crippen molar-refractivity contribution in [3.05, 3.63) is 17.5 Å². The van der Waals surface area contributed by atoms with Gasteiger partial charge in [0.25, 0.3) is 0 Å². The third kappa shape index (κ3) is 2.81. The predicted octanol–water partition coefficient (Wildman–Crippen LogP) is 2.86. The zero-order valence-electron chi connectivity index (χ0n) is 7.36. The minimum absolute atomic E-state index is 0.264. The summed E-state index contributed by atoms with van der Waals surface area (Å²) in [5.41, 5.74) is 0. The largest absolute Gasteiger partial charge is 0.395 e. The maximum Gasteiger partial charge on any atom is 0.0602 e. The Labute approximate surface area is 81.8 Å². The van der Waals surface area contributed by atoms with E-state index < -0.39 is 0 Å². The van der Waals surface area contributed by atoms with Gasteiger partial charge in [-0.3, -0.25) is 0 Å². The van der Waals surface area contributed by atoms with E-state index in [-0.39, 0.29) is 6.61 Å². The molecule has 0 aliphatic rings. The molecule has 0 amide bonds. The molecule has 0 aliphatic heterocycles. The van der Waals surface area contributed by atoms with Gasteiger partial charge in [0.2, 0.25) is 0 Å². The van der Waals surface area contributed by atoms with E-state index in [4.69, 9.17) is 5.11 Å². The molecule has 3 heteroatoms. The number of aliphatic hydroxyl groups excluding tert-OH is 1. The summed E-state index contributed by atoms with van der Waals surface area (Å²) in [6.07, 6.45) is 0. The Balaban J connectivity index is 2.48. The highest BCUT2D eigenvalue weighted by molar-refractivity contribution is 8.01. The minimum atomic E-state index is 0.264. The van der Waals surface area contributed by atoms with Crippen molar-refractivity contribution in [2.45, 2.75) is 23.3 Å². The van der Waals surface area contributed by atoms with Gasteiger partial charge in [0.05, 0.1) is 10.8 Å². The van der Waals surface area contributed by atoms with E-state index in [0.717, 1.165) is 0 Å². The van der Waals surface area contributed by atoms with Crippen LogP contribution in [0.2, 0.25) is 0 Å². The van der Waals surface area contributed by atoms with Crippen LogP contribution in [0, 0.1) is 5.92 Å². The molecule has 0 fully saturated rings. The number of hydrogen-bond donors (Lipinski definition) is 1. The van der Waals surface area contributed by atoms with Crippen molar-refractivity contribution in [2.24, 2.45) is 5.92 Å². The standard InChI is InChI=1S/C9H14OS2/c1-7(2)8(6-10)12-9-4-3-5-11-9/h3-5,7-8,10H,6H2,1-2H3. The first-order chi connectivity index (χ1) is 5.74. The summed E-state index contributed by atoms with van der Waals surface area (Å²) in [6.45, 7) is 4.54. The summed E-state index contributed by atoms with van der Waals surface area (Å²) in [5.74, 6) is 0.530. The van der Waals surface area contributed by atoms with Crippen LogP contribution in [-0.4, -0.2) is 17.0 Å². The summed E-state index contributed by atoms with van der Waals surface area (Å²) in [5, 5.41) is 11.5. The van der Waals surface area contributed by atoms with E-state index in [1.165, 1.54) is 4.21 Å². The van der Waals surface area contributed by atoms with Crippen molar-refractivity contribution in [2.75, 3.05) is 6.61 Å². The van der Waals surface area contributed by atoms with Crippen molar-refractivity contribution >= 4 is 23.1 Å². The van der Waals surface area contributed by atoms with Gasteiger partial charge in [-0.25, -0.2) is 0 Å². The Morgan fingerprint density at radius 3 is 2.75 bits per heavy atom. The zero-order valence-corrected chi connectivity index (χ0v) is 8.99. The Morgan fingerprint density at radius 1 is 1.58 bits per heavy atom. The van der Waals surface area contributed by atoms with Crippen LogP contribution < -0.4 is 0 Å². The van der Waals surface area contributed by atoms with Crippen LogP contribution in [0.5, 0.6) is 0 Å². The third-order valence-electron chi connectivity index (χ3n) is 1.69. The molecule has 1 atom stereocenters. The van der Waals surface area contributed by atoms with Gasteiger partial charge in [-0.05, 0) is 17.4 Å². The van der Waals surface area contributed by atoms with Gasteiger partial charge < -0.3 is 5.11 Å². The van der Waals surface area contributed by atoms with E-state index in [2.05, 4.69) is 25.3 Å². The molecule has 0 saturated heterocycles. The predicted molar refractivity (Wildman–Crippen MR) is 55.9 cm³/mol. The van der Waals surface area contributed by atoms with Crippen LogP contribution >= 0.6 is 23.1 Å². The van der Waals surface area contributed by atoms with Crippen molar-refractivity contribution in [1.82, 2.24) is 0 Å². The van der Waals surface area contributed by atoms with Gasteiger partial charge in [0.15, 0.2) is 0 Å². The first kappa shape index (κ1) is 10.1. The van der Waals surface area contributed by atoms with Crippen LogP contribution in [0.1, 0.15) is 13.8 Å². The van der Waals surface area contributed by atoms with Crippen LogP contribution in [0.15, 0.2) is 21.7 Å². The smallest absolute Gasteiger partial charge is 0.0602 e. The van der Waals surface area contributed by atoms with Gasteiger partial charge in [0, 0.05) is 5.25 Å². The van der Waals surface area contributed by atoms with Crippen molar-refractivity contribution < 1.29 is 5.11 Å². The minimum Gasteiger partial charge on any atom is -0.395 e. The van der Waals surface area contributed by atoms with Crippen LogP contribution in [0.4, 0.5) is 0 Å². The fourth-order valence-corrected chi connectivity index (χ4v) is 2.87. The number of thiophene rings is 1. The summed E-state index contributed by atoms with van der Waals surface area (Å²) < 4.78 is 1.29. The van der Waals surface area contributed by atoms with E-state index in [0.29, 0.717) is 11.2 Å². The lowest BCUT2D eigenvalue weighted by atomic mass is 10.1. The number of aliphatic hydroxyl groups is 1. The van der Waals surface area contributed by atoms with Gasteiger partial charge in [-0.2, -0.15) is 0 Å². The first-order valence-electron chi connectivity index (χ1n) is 4.05. The fraction of sp³-hybridized carbons (Fsp3) is 0.556. The van der Waals surface area contributed by atoms with Crippen LogP contribution in [0.3, 0.4) is 0 Å². The SMILES string of the molecule is CC(C)C(CO)Sc1cccs1. The van der Waals surface area contributed by atoms with Crippen molar-refractivity contribution in [3.8, 4) is 0 Å². The lowest BCUT2D eigenvalue weighted by molar-refractivity contribution is 0.275. The monoisotopic (exact) mass is 202 g/mol. The molecule has 1 aromatic rings. The lowest BCUT2D eigenvalue weighted by Gasteiger charge is -2.15. The second-order valence-electron chi connectivity index (χ2n) is 3.01. The van der Waals surface area contributed by atoms with E-state index >= 15 is 0 Å². The average molecular weight is 202 g/mol. The quantitative estimate of drug-likeness (QED) is 0.758. The van der Waals surface area contributed by atoms with E-state index in [1.807, 2.05) is 6.07 Å². The number of rotatable bonds is 4. The summed E-state index contributed by atoms with van der Waals surface area (Å²) >= 11 is 3.51. The van der Waals surface area contributed by atoms with Crippen LogP contribution in [0.25, 0.3) is 0 Å². The Bertz CT molecular complexity index is 206. The Hall–Kier alpha value is 0.01000. The number of hydrogen-bond acceptors (Lipinski definition) is 3. The highest BCUT2D eigenvalue weighted by Gasteiger charge is 2.13. The topological polar surface area (TPSA) is 20.2 Å². The molecule has 0 saturated carbocycles. The first-order valence-corrected chi connectivity index (χ1v) is 5.81. The van der Waals surface area contributed by atoms with Crippen LogP contribution in [-0.2, 0) is 0 Å². The molecule has 0 aromatic carbocycles. The maximum atomic E-state index is 9.08. The van der Waals surface area contributed by atoms with E-state index in [9.17, 15) is 0 Å². The lowest BCUT2D eigenvalue weighted by Crippen LogP contribution is -2.15. The fourth-order valence-electron chi connectivity index (χ4n) is 0.864. The molecule has 1 nitrogen and oxygen atoms in total. The third-order valence-corrected chi connectivity index (χ3v) is 4.29. The molecule has 12 heavy (non-hydrogen) atoms. The summed E-state index contributed by atoms with van der Waals surface area (Å²) in [6, 6.07) is 4.14. The molecule has 0 bridgehead atoms. The van der Waals surface area contributed by atoms with Gasteiger partial charge in [-0.1, -0.05) is 19.9 Å². The molecule has 0 aliphatic carbocycles.